The summed E-state index contributed by atoms with van der Waals surface area (Å²) >= 11 is 0. The highest BCUT2D eigenvalue weighted by Gasteiger charge is 2.08. The molecule has 0 saturated carbocycles. The molecule has 0 aliphatic rings. The van der Waals surface area contributed by atoms with Gasteiger partial charge in [0.2, 0.25) is 0 Å². The van der Waals surface area contributed by atoms with Crippen LogP contribution in [0.15, 0.2) is 18.3 Å². The van der Waals surface area contributed by atoms with Crippen molar-refractivity contribution < 1.29 is 0 Å². The molecule has 0 bridgehead atoms. The van der Waals surface area contributed by atoms with E-state index in [9.17, 15) is 0 Å². The summed E-state index contributed by atoms with van der Waals surface area (Å²) in [7, 11) is 0. The van der Waals surface area contributed by atoms with Gasteiger partial charge in [-0.05, 0) is 25.3 Å². The maximum absolute atomic E-state index is 5.82. The van der Waals surface area contributed by atoms with Gasteiger partial charge in [-0.2, -0.15) is 0 Å². The Morgan fingerprint density at radius 1 is 1.22 bits per heavy atom. The summed E-state index contributed by atoms with van der Waals surface area (Å²) in [6, 6.07) is 3.61. The highest BCUT2D eigenvalue weighted by atomic mass is 15.0. The molecule has 5 nitrogen and oxygen atoms in total. The Morgan fingerprint density at radius 2 is 2.00 bits per heavy atom. The zero-order chi connectivity index (χ0) is 13.1. The molecule has 0 unspecified atom stereocenters. The van der Waals surface area contributed by atoms with Crippen molar-refractivity contribution in [2.45, 2.75) is 27.2 Å². The van der Waals surface area contributed by atoms with Crippen molar-refractivity contribution >= 4 is 5.82 Å². The van der Waals surface area contributed by atoms with Crippen LogP contribution >= 0.6 is 0 Å². The smallest absolute Gasteiger partial charge is 0.180 e. The van der Waals surface area contributed by atoms with E-state index in [4.69, 9.17) is 5.73 Å². The molecule has 0 radical (unpaired) electrons. The van der Waals surface area contributed by atoms with Gasteiger partial charge in [0.15, 0.2) is 5.82 Å². The molecular weight excluding hydrogens is 226 g/mol. The van der Waals surface area contributed by atoms with Gasteiger partial charge < -0.3 is 5.73 Å². The van der Waals surface area contributed by atoms with Gasteiger partial charge >= 0.3 is 0 Å². The molecule has 0 aliphatic carbocycles. The zero-order valence-electron chi connectivity index (χ0n) is 10.9. The number of nitrogens with zero attached hydrogens (tertiary/aromatic N) is 4. The van der Waals surface area contributed by atoms with Gasteiger partial charge in [-0.25, -0.2) is 19.9 Å². The fraction of sp³-hybridized carbons (Fsp3) is 0.385. The second kappa shape index (κ2) is 5.08. The molecule has 0 aliphatic heterocycles. The average molecular weight is 243 g/mol. The predicted octanol–water partition coefficient (Wildman–Crippen LogP) is 2.02. The van der Waals surface area contributed by atoms with E-state index in [1.165, 1.54) is 0 Å². The quantitative estimate of drug-likeness (QED) is 0.892. The molecule has 2 N–H and O–H groups in total. The molecule has 2 aromatic rings. The lowest BCUT2D eigenvalue weighted by atomic mass is 10.1. The molecule has 2 aromatic heterocycles. The molecule has 0 fully saturated rings. The van der Waals surface area contributed by atoms with Crippen molar-refractivity contribution in [3.8, 4) is 11.5 Å². The number of nitrogens with two attached hydrogens (primary N) is 1. The standard InChI is InChI=1S/C13H17N5/c1-8(2)6-10-7-12(14)18-13(17-10)11-4-5-15-9(3)16-11/h4-5,7-8H,6H2,1-3H3,(H2,14,17,18). The molecule has 0 atom stereocenters. The minimum absolute atomic E-state index is 0.479. The third-order valence-electron chi connectivity index (χ3n) is 2.42. The van der Waals surface area contributed by atoms with E-state index >= 15 is 0 Å². The summed E-state index contributed by atoms with van der Waals surface area (Å²) in [4.78, 5) is 17.1. The summed E-state index contributed by atoms with van der Waals surface area (Å²) in [6.45, 7) is 6.13. The van der Waals surface area contributed by atoms with E-state index in [-0.39, 0.29) is 0 Å². The van der Waals surface area contributed by atoms with Gasteiger partial charge in [-0.3, -0.25) is 0 Å². The first-order valence-corrected chi connectivity index (χ1v) is 5.98. The van der Waals surface area contributed by atoms with Crippen molar-refractivity contribution in [3.05, 3.63) is 29.8 Å². The largest absolute Gasteiger partial charge is 0.384 e. The molecule has 18 heavy (non-hydrogen) atoms. The number of aryl methyl sites for hydroxylation is 1. The van der Waals surface area contributed by atoms with Crippen molar-refractivity contribution in [1.29, 1.82) is 0 Å². The molecule has 5 heteroatoms. The van der Waals surface area contributed by atoms with Crippen LogP contribution in [0.5, 0.6) is 0 Å². The molecule has 0 aromatic carbocycles. The Kier molecular flexibility index (Phi) is 3.50. The molecule has 94 valence electrons. The molecule has 2 rings (SSSR count). The third kappa shape index (κ3) is 3.00. The topological polar surface area (TPSA) is 77.6 Å². The maximum atomic E-state index is 5.82. The fourth-order valence-electron chi connectivity index (χ4n) is 1.74. The molecule has 0 saturated heterocycles. The lowest BCUT2D eigenvalue weighted by Crippen LogP contribution is -2.04. The summed E-state index contributed by atoms with van der Waals surface area (Å²) in [5, 5.41) is 0. The molecule has 0 spiro atoms. The van der Waals surface area contributed by atoms with Gasteiger partial charge in [-0.1, -0.05) is 13.8 Å². The second-order valence-corrected chi connectivity index (χ2v) is 4.69. The van der Waals surface area contributed by atoms with Crippen LogP contribution in [0.2, 0.25) is 0 Å². The molecule has 2 heterocycles. The van der Waals surface area contributed by atoms with Crippen molar-refractivity contribution in [1.82, 2.24) is 19.9 Å². The van der Waals surface area contributed by atoms with Crippen LogP contribution in [0, 0.1) is 12.8 Å². The number of nitrogen functional groups attached to an aromatic ring is 1. The van der Waals surface area contributed by atoms with E-state index < -0.39 is 0 Å². The van der Waals surface area contributed by atoms with Gasteiger partial charge in [0.25, 0.3) is 0 Å². The lowest BCUT2D eigenvalue weighted by Gasteiger charge is -2.07. The summed E-state index contributed by atoms with van der Waals surface area (Å²) in [6.07, 6.45) is 2.58. The van der Waals surface area contributed by atoms with Crippen LogP contribution < -0.4 is 5.73 Å². The van der Waals surface area contributed by atoms with Crippen LogP contribution in [0.3, 0.4) is 0 Å². The number of hydrogen-bond donors (Lipinski definition) is 1. The summed E-state index contributed by atoms with van der Waals surface area (Å²) < 4.78 is 0. The van der Waals surface area contributed by atoms with Crippen molar-refractivity contribution in [3.63, 3.8) is 0 Å². The Hall–Kier alpha value is -2.04. The minimum atomic E-state index is 0.479. The maximum Gasteiger partial charge on any atom is 0.180 e. The van der Waals surface area contributed by atoms with Crippen LogP contribution in [-0.4, -0.2) is 19.9 Å². The first-order valence-electron chi connectivity index (χ1n) is 5.98. The van der Waals surface area contributed by atoms with Crippen LogP contribution in [0.4, 0.5) is 5.82 Å². The summed E-state index contributed by atoms with van der Waals surface area (Å²) in [5.41, 5.74) is 7.47. The fourth-order valence-corrected chi connectivity index (χ4v) is 1.74. The van der Waals surface area contributed by atoms with Gasteiger partial charge in [0.05, 0.1) is 0 Å². The Labute approximate surface area is 107 Å². The Bertz CT molecular complexity index is 551. The molecule has 0 amide bonds. The van der Waals surface area contributed by atoms with Crippen molar-refractivity contribution in [2.24, 2.45) is 5.92 Å². The van der Waals surface area contributed by atoms with E-state index in [1.54, 1.807) is 12.3 Å². The van der Waals surface area contributed by atoms with E-state index in [0.717, 1.165) is 12.1 Å². The highest BCUT2D eigenvalue weighted by Crippen LogP contribution is 2.16. The van der Waals surface area contributed by atoms with Crippen molar-refractivity contribution in [2.75, 3.05) is 5.73 Å². The first kappa shape index (κ1) is 12.4. The monoisotopic (exact) mass is 243 g/mol. The predicted molar refractivity (Wildman–Crippen MR) is 70.7 cm³/mol. The molecular formula is C13H17N5. The normalized spacial score (nSPS) is 10.9. The van der Waals surface area contributed by atoms with Crippen LogP contribution in [0.1, 0.15) is 25.4 Å². The number of aromatic nitrogens is 4. The number of anilines is 1. The van der Waals surface area contributed by atoms with E-state index in [1.807, 2.05) is 13.0 Å². The lowest BCUT2D eigenvalue weighted by molar-refractivity contribution is 0.635. The Morgan fingerprint density at radius 3 is 2.67 bits per heavy atom. The summed E-state index contributed by atoms with van der Waals surface area (Å²) in [5.74, 6) is 2.27. The Balaban J connectivity index is 2.41. The third-order valence-corrected chi connectivity index (χ3v) is 2.42. The van der Waals surface area contributed by atoms with Crippen LogP contribution in [-0.2, 0) is 6.42 Å². The number of hydrogen-bond acceptors (Lipinski definition) is 5. The zero-order valence-corrected chi connectivity index (χ0v) is 10.9. The van der Waals surface area contributed by atoms with Gasteiger partial charge in [-0.15, -0.1) is 0 Å². The SMILES string of the molecule is Cc1nccc(-c2nc(N)cc(CC(C)C)n2)n1. The van der Waals surface area contributed by atoms with E-state index in [0.29, 0.717) is 29.1 Å². The van der Waals surface area contributed by atoms with Gasteiger partial charge in [0, 0.05) is 18.0 Å². The van der Waals surface area contributed by atoms with E-state index in [2.05, 4.69) is 33.8 Å². The van der Waals surface area contributed by atoms with Gasteiger partial charge in [0.1, 0.15) is 17.3 Å². The minimum Gasteiger partial charge on any atom is -0.384 e. The van der Waals surface area contributed by atoms with Crippen LogP contribution in [0.25, 0.3) is 11.5 Å². The second-order valence-electron chi connectivity index (χ2n) is 4.69. The number of rotatable bonds is 3. The average Bonchev–Trinajstić information content (AvgIpc) is 2.27. The highest BCUT2D eigenvalue weighted by molar-refractivity contribution is 5.51. The first-order chi connectivity index (χ1) is 8.54.